The zero-order chi connectivity index (χ0) is 16.8. The zero-order valence-electron chi connectivity index (χ0n) is 12.6. The molecule has 1 aromatic heterocycles. The maximum absolute atomic E-state index is 13.9. The molecular formula is C17H14ClF2N3O. The molecule has 2 aromatic rings. The number of hydrogen-bond donors (Lipinski definition) is 1. The molecule has 0 aliphatic carbocycles. The van der Waals surface area contributed by atoms with Crippen molar-refractivity contribution in [2.45, 2.75) is 31.3 Å². The molecule has 0 spiro atoms. The van der Waals surface area contributed by atoms with Gasteiger partial charge in [-0.25, -0.2) is 14.2 Å². The lowest BCUT2D eigenvalue weighted by atomic mass is 9.95. The summed E-state index contributed by atoms with van der Waals surface area (Å²) in [5, 5.41) is 2.92. The third-order valence-electron chi connectivity index (χ3n) is 4.75. The van der Waals surface area contributed by atoms with Crippen LogP contribution in [0.5, 0.6) is 0 Å². The lowest BCUT2D eigenvalue weighted by molar-refractivity contribution is 0.178. The number of nitrogens with one attached hydrogen (secondary N) is 1. The van der Waals surface area contributed by atoms with Crippen molar-refractivity contribution in [3.63, 3.8) is 0 Å². The summed E-state index contributed by atoms with van der Waals surface area (Å²) in [4.78, 5) is 18.1. The van der Waals surface area contributed by atoms with Crippen molar-refractivity contribution in [1.29, 1.82) is 0 Å². The van der Waals surface area contributed by atoms with E-state index in [0.29, 0.717) is 17.0 Å². The summed E-state index contributed by atoms with van der Waals surface area (Å²) < 4.78 is 27.8. The van der Waals surface area contributed by atoms with E-state index in [0.717, 1.165) is 18.4 Å². The normalized spacial score (nSPS) is 21.5. The Kier molecular flexibility index (Phi) is 3.64. The van der Waals surface area contributed by atoms with Crippen molar-refractivity contribution >= 4 is 23.3 Å². The third-order valence-corrected chi connectivity index (χ3v) is 4.98. The quantitative estimate of drug-likeness (QED) is 0.780. The molecule has 2 amide bonds. The Morgan fingerprint density at radius 3 is 2.96 bits per heavy atom. The fourth-order valence-corrected chi connectivity index (χ4v) is 3.87. The molecule has 1 aromatic carbocycles. The van der Waals surface area contributed by atoms with E-state index < -0.39 is 17.8 Å². The molecule has 1 fully saturated rings. The molecule has 0 unspecified atom stereocenters. The van der Waals surface area contributed by atoms with E-state index in [4.69, 9.17) is 11.6 Å². The molecule has 24 heavy (non-hydrogen) atoms. The minimum atomic E-state index is -0.548. The van der Waals surface area contributed by atoms with Crippen LogP contribution in [-0.2, 0) is 6.42 Å². The molecule has 2 bridgehead atoms. The largest absolute Gasteiger partial charge is 0.322 e. The highest BCUT2D eigenvalue weighted by molar-refractivity contribution is 6.30. The Morgan fingerprint density at radius 2 is 2.12 bits per heavy atom. The van der Waals surface area contributed by atoms with Gasteiger partial charge < -0.3 is 10.2 Å². The first-order chi connectivity index (χ1) is 11.5. The van der Waals surface area contributed by atoms with E-state index in [1.54, 1.807) is 11.0 Å². The molecule has 1 saturated heterocycles. The molecular weight excluding hydrogens is 336 g/mol. The first-order valence-corrected chi connectivity index (χ1v) is 8.10. The molecule has 2 aliphatic heterocycles. The summed E-state index contributed by atoms with van der Waals surface area (Å²) in [6.45, 7) is 0. The number of halogens is 3. The number of urea groups is 1. The van der Waals surface area contributed by atoms with E-state index in [1.165, 1.54) is 24.4 Å². The van der Waals surface area contributed by atoms with Gasteiger partial charge in [0.25, 0.3) is 0 Å². The lowest BCUT2D eigenvalue weighted by Crippen LogP contribution is -2.44. The highest BCUT2D eigenvalue weighted by Crippen LogP contribution is 2.44. The van der Waals surface area contributed by atoms with Crippen LogP contribution in [0.25, 0.3) is 0 Å². The van der Waals surface area contributed by atoms with Crippen LogP contribution in [-0.4, -0.2) is 22.0 Å². The number of carbonyl (C=O) groups excluding carboxylic acids is 1. The van der Waals surface area contributed by atoms with Crippen LogP contribution in [0.1, 0.15) is 30.0 Å². The van der Waals surface area contributed by atoms with Crippen molar-refractivity contribution in [3.8, 4) is 0 Å². The van der Waals surface area contributed by atoms with Crippen LogP contribution < -0.4 is 5.32 Å². The van der Waals surface area contributed by atoms with E-state index >= 15 is 0 Å². The molecule has 0 radical (unpaired) electrons. The lowest BCUT2D eigenvalue weighted by Gasteiger charge is -2.36. The smallest absolute Gasteiger partial charge is 0.314 e. The van der Waals surface area contributed by atoms with E-state index in [9.17, 15) is 13.6 Å². The topological polar surface area (TPSA) is 45.2 Å². The van der Waals surface area contributed by atoms with Gasteiger partial charge in [-0.1, -0.05) is 11.6 Å². The summed E-state index contributed by atoms with van der Waals surface area (Å²) in [6.07, 6.45) is 3.38. The predicted octanol–water partition coefficient (Wildman–Crippen LogP) is 4.31. The van der Waals surface area contributed by atoms with Gasteiger partial charge in [-0.2, -0.15) is 4.39 Å². The highest BCUT2D eigenvalue weighted by Gasteiger charge is 2.43. The standard InChI is InChI=1S/C17H14ClF2N3O/c18-9-1-3-13(19)14(7-9)22-17(24)23-10-2-4-15(23)11-5-6-21-16(20)12(11)8-10/h1,3,5-7,10,15H,2,4,8H2,(H,22,24)/t10-,15+/m0/s1. The summed E-state index contributed by atoms with van der Waals surface area (Å²) in [7, 11) is 0. The Labute approximate surface area is 142 Å². The SMILES string of the molecule is O=C(Nc1cc(Cl)ccc1F)N1[C@H]2CC[C@@H]1c1ccnc(F)c1C2. The number of nitrogens with zero attached hydrogens (tertiary/aromatic N) is 2. The van der Waals surface area contributed by atoms with Crippen LogP contribution in [0.3, 0.4) is 0 Å². The summed E-state index contributed by atoms with van der Waals surface area (Å²) >= 11 is 5.86. The fourth-order valence-electron chi connectivity index (χ4n) is 3.70. The second-order valence-electron chi connectivity index (χ2n) is 6.08. The van der Waals surface area contributed by atoms with Crippen molar-refractivity contribution < 1.29 is 13.6 Å². The molecule has 0 saturated carbocycles. The molecule has 2 aliphatic rings. The Bertz CT molecular complexity index is 829. The minimum Gasteiger partial charge on any atom is -0.314 e. The molecule has 124 valence electrons. The van der Waals surface area contributed by atoms with Gasteiger partial charge in [-0.05, 0) is 49.1 Å². The van der Waals surface area contributed by atoms with Gasteiger partial charge in [0.1, 0.15) is 5.82 Å². The Balaban J connectivity index is 1.63. The number of fused-ring (bicyclic) bond motifs is 4. The number of amides is 2. The van der Waals surface area contributed by atoms with Crippen molar-refractivity contribution in [3.05, 3.63) is 58.4 Å². The van der Waals surface area contributed by atoms with Crippen LogP contribution in [0.2, 0.25) is 5.02 Å². The van der Waals surface area contributed by atoms with Crippen LogP contribution in [0.4, 0.5) is 19.3 Å². The van der Waals surface area contributed by atoms with Crippen molar-refractivity contribution in [2.24, 2.45) is 0 Å². The van der Waals surface area contributed by atoms with E-state index in [1.807, 2.05) is 0 Å². The van der Waals surface area contributed by atoms with Gasteiger partial charge in [0.05, 0.1) is 11.7 Å². The summed E-state index contributed by atoms with van der Waals surface area (Å²) in [5.74, 6) is -1.02. The van der Waals surface area contributed by atoms with E-state index in [-0.39, 0.29) is 17.8 Å². The van der Waals surface area contributed by atoms with Gasteiger partial charge in [-0.15, -0.1) is 0 Å². The zero-order valence-corrected chi connectivity index (χ0v) is 13.4. The number of carbonyl (C=O) groups is 1. The molecule has 4 nitrogen and oxygen atoms in total. The molecule has 3 heterocycles. The fraction of sp³-hybridized carbons (Fsp3) is 0.294. The van der Waals surface area contributed by atoms with Crippen LogP contribution in [0, 0.1) is 11.8 Å². The van der Waals surface area contributed by atoms with Crippen LogP contribution >= 0.6 is 11.6 Å². The van der Waals surface area contributed by atoms with Gasteiger partial charge in [-0.3, -0.25) is 0 Å². The molecule has 7 heteroatoms. The van der Waals surface area contributed by atoms with Gasteiger partial charge >= 0.3 is 6.03 Å². The minimum absolute atomic E-state index is 0.0404. The third kappa shape index (κ3) is 2.41. The maximum atomic E-state index is 13.9. The maximum Gasteiger partial charge on any atom is 0.322 e. The van der Waals surface area contributed by atoms with Crippen molar-refractivity contribution in [2.75, 3.05) is 5.32 Å². The number of rotatable bonds is 1. The van der Waals surface area contributed by atoms with Gasteiger partial charge in [0.15, 0.2) is 0 Å². The molecule has 2 atom stereocenters. The number of aromatic nitrogens is 1. The Hall–Kier alpha value is -2.21. The first-order valence-electron chi connectivity index (χ1n) is 7.72. The Morgan fingerprint density at radius 1 is 1.29 bits per heavy atom. The predicted molar refractivity (Wildman–Crippen MR) is 85.9 cm³/mol. The number of benzene rings is 1. The number of anilines is 1. The van der Waals surface area contributed by atoms with E-state index in [2.05, 4.69) is 10.3 Å². The highest BCUT2D eigenvalue weighted by atomic mass is 35.5. The van der Waals surface area contributed by atoms with Gasteiger partial charge in [0, 0.05) is 22.8 Å². The first kappa shape index (κ1) is 15.3. The molecule has 4 rings (SSSR count). The number of pyridine rings is 1. The summed E-state index contributed by atoms with van der Waals surface area (Å²) in [5.41, 5.74) is 1.42. The second-order valence-corrected chi connectivity index (χ2v) is 6.52. The molecule has 1 N–H and O–H groups in total. The second kappa shape index (κ2) is 5.70. The van der Waals surface area contributed by atoms with Gasteiger partial charge in [0.2, 0.25) is 5.95 Å². The van der Waals surface area contributed by atoms with Crippen LogP contribution in [0.15, 0.2) is 30.5 Å². The number of hydrogen-bond acceptors (Lipinski definition) is 2. The summed E-state index contributed by atoms with van der Waals surface area (Å²) in [6, 6.07) is 5.04. The average Bonchev–Trinajstić information content (AvgIpc) is 2.87. The average molecular weight is 350 g/mol. The monoisotopic (exact) mass is 349 g/mol. The van der Waals surface area contributed by atoms with Crippen molar-refractivity contribution in [1.82, 2.24) is 9.88 Å².